The Morgan fingerprint density at radius 2 is 1.95 bits per heavy atom. The van der Waals surface area contributed by atoms with Gasteiger partial charge in [0.15, 0.2) is 0 Å². The maximum atomic E-state index is 13.5. The Morgan fingerprint density at radius 1 is 1.25 bits per heavy atom. The van der Waals surface area contributed by atoms with Gasteiger partial charge in [0.05, 0.1) is 11.7 Å². The van der Waals surface area contributed by atoms with Crippen molar-refractivity contribution in [1.29, 1.82) is 0 Å². The maximum Gasteiger partial charge on any atom is 0.254 e. The van der Waals surface area contributed by atoms with Crippen molar-refractivity contribution in [3.63, 3.8) is 0 Å². The number of halogens is 1. The molecule has 2 rings (SSSR count). The van der Waals surface area contributed by atoms with Gasteiger partial charge in [-0.1, -0.05) is 30.3 Å². The van der Waals surface area contributed by atoms with Crippen LogP contribution in [0.1, 0.15) is 22.0 Å². The molecule has 4 nitrogen and oxygen atoms in total. The normalized spacial score (nSPS) is 11.9. The lowest BCUT2D eigenvalue weighted by Crippen LogP contribution is -2.29. The summed E-state index contributed by atoms with van der Waals surface area (Å²) >= 11 is 0. The van der Waals surface area contributed by atoms with Crippen molar-refractivity contribution in [2.45, 2.75) is 6.10 Å². The number of nitrogens with two attached hydrogens (primary N) is 1. The third-order valence-corrected chi connectivity index (χ3v) is 2.88. The van der Waals surface area contributed by atoms with Gasteiger partial charge in [0.25, 0.3) is 5.91 Å². The molecule has 0 saturated carbocycles. The number of benzene rings is 2. The van der Waals surface area contributed by atoms with E-state index in [0.717, 1.165) is 6.07 Å². The molecule has 2 aromatic carbocycles. The van der Waals surface area contributed by atoms with Crippen molar-refractivity contribution in [2.24, 2.45) is 0 Å². The quantitative estimate of drug-likeness (QED) is 0.745. The van der Waals surface area contributed by atoms with Gasteiger partial charge < -0.3 is 16.2 Å². The second-order valence-electron chi connectivity index (χ2n) is 4.38. The fraction of sp³-hybridized carbons (Fsp3) is 0.133. The number of nitrogen functional groups attached to an aromatic ring is 1. The minimum absolute atomic E-state index is 0.00661. The van der Waals surface area contributed by atoms with Crippen molar-refractivity contribution in [3.8, 4) is 0 Å². The summed E-state index contributed by atoms with van der Waals surface area (Å²) in [5, 5.41) is 12.4. The summed E-state index contributed by atoms with van der Waals surface area (Å²) < 4.78 is 13.5. The first kappa shape index (κ1) is 14.0. The van der Waals surface area contributed by atoms with Gasteiger partial charge in [0, 0.05) is 12.2 Å². The lowest BCUT2D eigenvalue weighted by atomic mass is 10.1. The topological polar surface area (TPSA) is 75.4 Å². The van der Waals surface area contributed by atoms with E-state index in [0.29, 0.717) is 5.56 Å². The molecular formula is C15H15FN2O2. The van der Waals surface area contributed by atoms with Gasteiger partial charge in [-0.25, -0.2) is 4.39 Å². The number of nitrogens with one attached hydrogen (secondary N) is 1. The van der Waals surface area contributed by atoms with Crippen LogP contribution in [0.5, 0.6) is 0 Å². The van der Waals surface area contributed by atoms with Gasteiger partial charge in [0.2, 0.25) is 0 Å². The lowest BCUT2D eigenvalue weighted by molar-refractivity contribution is 0.0912. The van der Waals surface area contributed by atoms with E-state index in [2.05, 4.69) is 5.32 Å². The molecule has 0 bridgehead atoms. The van der Waals surface area contributed by atoms with E-state index in [-0.39, 0.29) is 17.8 Å². The van der Waals surface area contributed by atoms with E-state index in [1.807, 2.05) is 6.07 Å². The van der Waals surface area contributed by atoms with Gasteiger partial charge in [-0.2, -0.15) is 0 Å². The Balaban J connectivity index is 1.99. The highest BCUT2D eigenvalue weighted by molar-refractivity contribution is 5.94. The molecule has 1 unspecified atom stereocenters. The fourth-order valence-corrected chi connectivity index (χ4v) is 1.79. The smallest absolute Gasteiger partial charge is 0.254 e. The highest BCUT2D eigenvalue weighted by Gasteiger charge is 2.14. The highest BCUT2D eigenvalue weighted by Crippen LogP contribution is 2.13. The molecule has 0 aromatic heterocycles. The van der Waals surface area contributed by atoms with Crippen LogP contribution >= 0.6 is 0 Å². The van der Waals surface area contributed by atoms with Crippen molar-refractivity contribution in [3.05, 3.63) is 65.5 Å². The van der Waals surface area contributed by atoms with E-state index in [4.69, 9.17) is 5.73 Å². The summed E-state index contributed by atoms with van der Waals surface area (Å²) in [5.74, 6) is -1.27. The van der Waals surface area contributed by atoms with Crippen LogP contribution in [0.4, 0.5) is 10.1 Å². The van der Waals surface area contributed by atoms with Gasteiger partial charge in [-0.3, -0.25) is 4.79 Å². The van der Waals surface area contributed by atoms with Crippen LogP contribution in [0.15, 0.2) is 48.5 Å². The average Bonchev–Trinajstić information content (AvgIpc) is 2.45. The summed E-state index contributed by atoms with van der Waals surface area (Å²) in [6.07, 6.45) is -0.836. The molecule has 0 saturated heterocycles. The molecule has 20 heavy (non-hydrogen) atoms. The number of rotatable bonds is 4. The number of aliphatic hydroxyl groups is 1. The lowest BCUT2D eigenvalue weighted by Gasteiger charge is -2.12. The third kappa shape index (κ3) is 3.33. The Hall–Kier alpha value is -2.40. The summed E-state index contributed by atoms with van der Waals surface area (Å²) in [7, 11) is 0. The highest BCUT2D eigenvalue weighted by atomic mass is 19.1. The number of carbonyl (C=O) groups excluding carboxylic acids is 1. The van der Waals surface area contributed by atoms with Gasteiger partial charge in [-0.15, -0.1) is 0 Å². The second kappa shape index (κ2) is 6.16. The number of aliphatic hydroxyl groups excluding tert-OH is 1. The molecule has 0 aliphatic carbocycles. The molecule has 2 aromatic rings. The zero-order chi connectivity index (χ0) is 14.5. The molecule has 0 spiro atoms. The fourth-order valence-electron chi connectivity index (χ4n) is 1.79. The van der Waals surface area contributed by atoms with Crippen LogP contribution in [0, 0.1) is 5.82 Å². The van der Waals surface area contributed by atoms with Crippen LogP contribution in [-0.4, -0.2) is 17.6 Å². The first-order valence-corrected chi connectivity index (χ1v) is 6.14. The van der Waals surface area contributed by atoms with Gasteiger partial charge in [0.1, 0.15) is 5.82 Å². The zero-order valence-corrected chi connectivity index (χ0v) is 10.7. The minimum atomic E-state index is -0.836. The Kier molecular flexibility index (Phi) is 4.32. The van der Waals surface area contributed by atoms with E-state index in [1.165, 1.54) is 12.1 Å². The monoisotopic (exact) mass is 274 g/mol. The zero-order valence-electron chi connectivity index (χ0n) is 10.7. The summed E-state index contributed by atoms with van der Waals surface area (Å²) in [6, 6.07) is 12.8. The summed E-state index contributed by atoms with van der Waals surface area (Å²) in [6.45, 7) is 0.00661. The van der Waals surface area contributed by atoms with Crippen molar-refractivity contribution >= 4 is 11.6 Å². The first-order valence-electron chi connectivity index (χ1n) is 6.14. The van der Waals surface area contributed by atoms with Crippen LogP contribution in [0.25, 0.3) is 0 Å². The Morgan fingerprint density at radius 3 is 2.60 bits per heavy atom. The number of hydrogen-bond acceptors (Lipinski definition) is 3. The number of carbonyl (C=O) groups is 1. The van der Waals surface area contributed by atoms with Crippen LogP contribution in [0.3, 0.4) is 0 Å². The summed E-state index contributed by atoms with van der Waals surface area (Å²) in [5.41, 5.74) is 6.26. The molecule has 104 valence electrons. The average molecular weight is 274 g/mol. The predicted octanol–water partition coefficient (Wildman–Crippen LogP) is 1.87. The largest absolute Gasteiger partial charge is 0.399 e. The van der Waals surface area contributed by atoms with E-state index in [9.17, 15) is 14.3 Å². The van der Waals surface area contributed by atoms with Gasteiger partial charge in [-0.05, 0) is 23.8 Å². The standard InChI is InChI=1S/C15H15FN2O2/c16-13-8-11(17)6-7-12(13)15(20)18-9-14(19)10-4-2-1-3-5-10/h1-8,14,19H,9,17H2,(H,18,20). The molecular weight excluding hydrogens is 259 g/mol. The molecule has 0 heterocycles. The molecule has 0 aliphatic heterocycles. The first-order chi connectivity index (χ1) is 9.58. The van der Waals surface area contributed by atoms with Crippen molar-refractivity contribution < 1.29 is 14.3 Å². The molecule has 5 heteroatoms. The molecule has 0 aliphatic rings. The third-order valence-electron chi connectivity index (χ3n) is 2.88. The summed E-state index contributed by atoms with van der Waals surface area (Å²) in [4.78, 5) is 11.8. The Bertz CT molecular complexity index is 602. The Labute approximate surface area is 116 Å². The minimum Gasteiger partial charge on any atom is -0.399 e. The molecule has 0 radical (unpaired) electrons. The van der Waals surface area contributed by atoms with Gasteiger partial charge >= 0.3 is 0 Å². The van der Waals surface area contributed by atoms with Crippen LogP contribution < -0.4 is 11.1 Å². The number of anilines is 1. The molecule has 1 amide bonds. The number of hydrogen-bond donors (Lipinski definition) is 3. The molecule has 0 fully saturated rings. The molecule has 1 atom stereocenters. The van der Waals surface area contributed by atoms with Crippen LogP contribution in [-0.2, 0) is 0 Å². The van der Waals surface area contributed by atoms with Crippen molar-refractivity contribution in [2.75, 3.05) is 12.3 Å². The van der Waals surface area contributed by atoms with Crippen LogP contribution in [0.2, 0.25) is 0 Å². The van der Waals surface area contributed by atoms with E-state index >= 15 is 0 Å². The maximum absolute atomic E-state index is 13.5. The molecule has 4 N–H and O–H groups in total. The van der Waals surface area contributed by atoms with E-state index in [1.54, 1.807) is 24.3 Å². The van der Waals surface area contributed by atoms with E-state index < -0.39 is 17.8 Å². The SMILES string of the molecule is Nc1ccc(C(=O)NCC(O)c2ccccc2)c(F)c1. The van der Waals surface area contributed by atoms with Crippen molar-refractivity contribution in [1.82, 2.24) is 5.32 Å². The number of amides is 1. The second-order valence-corrected chi connectivity index (χ2v) is 4.38. The predicted molar refractivity (Wildman–Crippen MR) is 74.5 cm³/mol.